The SMILES string of the molecule is CC(C)CC1NC(=O)C(CCCN)NC(=O)C(C(C)C)NC(=O)C(Cc2ccc(O)cc2)NC(=O)C(CCC(N)=O)NC(=O)C(CC(N)=O)NC(=O)C(Cc2ccccc2)NC(=O)C(CC(C)C)NC(=O)C2CCCN2C(=O)C(Cc2ccccc2)NC1=O. The van der Waals surface area contributed by atoms with Gasteiger partial charge in [-0.2, -0.15) is 0 Å². The monoisotopic (exact) mass is 1240 g/mol. The number of carbonyl (C=O) groups excluding carboxylic acids is 12. The van der Waals surface area contributed by atoms with E-state index in [4.69, 9.17) is 17.2 Å². The van der Waals surface area contributed by atoms with E-state index in [9.17, 15) is 57.8 Å². The number of nitrogens with one attached hydrogen (secondary N) is 9. The van der Waals surface area contributed by atoms with Crippen LogP contribution in [0, 0.1) is 17.8 Å². The van der Waals surface area contributed by atoms with Gasteiger partial charge in [0.1, 0.15) is 66.2 Å². The molecule has 0 spiro atoms. The molecule has 2 fully saturated rings. The van der Waals surface area contributed by atoms with E-state index in [0.29, 0.717) is 23.1 Å². The third-order valence-electron chi connectivity index (χ3n) is 15.3. The average molecular weight is 1240 g/mol. The van der Waals surface area contributed by atoms with Crippen molar-refractivity contribution in [1.29, 1.82) is 0 Å². The van der Waals surface area contributed by atoms with Crippen LogP contribution in [0.4, 0.5) is 0 Å². The summed E-state index contributed by atoms with van der Waals surface area (Å²) in [6.45, 7) is 10.7. The summed E-state index contributed by atoms with van der Waals surface area (Å²) in [5, 5.41) is 34.3. The zero-order valence-corrected chi connectivity index (χ0v) is 51.5. The highest BCUT2D eigenvalue weighted by atomic mass is 16.3. The van der Waals surface area contributed by atoms with Gasteiger partial charge in [-0.3, -0.25) is 57.5 Å². The van der Waals surface area contributed by atoms with Crippen molar-refractivity contribution in [3.63, 3.8) is 0 Å². The molecule has 2 heterocycles. The van der Waals surface area contributed by atoms with Crippen LogP contribution in [-0.4, -0.2) is 154 Å². The summed E-state index contributed by atoms with van der Waals surface area (Å²) in [4.78, 5) is 173. The maximum atomic E-state index is 15.0. The number of phenolic OH excluding ortho intramolecular Hbond substituents is 1. The molecule has 16 N–H and O–H groups in total. The van der Waals surface area contributed by atoms with E-state index in [0.717, 1.165) is 0 Å². The van der Waals surface area contributed by atoms with Crippen LogP contribution < -0.4 is 65.1 Å². The minimum atomic E-state index is -1.83. The molecule has 26 nitrogen and oxygen atoms in total. The molecule has 0 saturated carbocycles. The third kappa shape index (κ3) is 22.6. The summed E-state index contributed by atoms with van der Waals surface area (Å²) in [7, 11) is 0. The number of hydrogen-bond acceptors (Lipinski definition) is 14. The van der Waals surface area contributed by atoms with Gasteiger partial charge in [0.2, 0.25) is 70.9 Å². The van der Waals surface area contributed by atoms with Crippen LogP contribution in [0.1, 0.15) is 116 Å². The molecule has 10 atom stereocenters. The Hall–Kier alpha value is -8.94. The van der Waals surface area contributed by atoms with Gasteiger partial charge >= 0.3 is 0 Å². The first-order valence-electron chi connectivity index (χ1n) is 30.4. The molecule has 5 rings (SSSR count). The number of nitrogens with two attached hydrogens (primary N) is 3. The number of carbonyl (C=O) groups is 12. The van der Waals surface area contributed by atoms with Crippen LogP contribution in [0.15, 0.2) is 84.9 Å². The Morgan fingerprint density at radius 3 is 1.38 bits per heavy atom. The molecule has 3 aromatic rings. The largest absolute Gasteiger partial charge is 0.508 e. The van der Waals surface area contributed by atoms with Crippen molar-refractivity contribution in [3.8, 4) is 5.75 Å². The molecule has 10 unspecified atom stereocenters. The molecule has 0 radical (unpaired) electrons. The second-order valence-electron chi connectivity index (χ2n) is 24.0. The molecule has 484 valence electrons. The van der Waals surface area contributed by atoms with Gasteiger partial charge in [0.25, 0.3) is 0 Å². The molecule has 0 bridgehead atoms. The maximum absolute atomic E-state index is 15.0. The predicted molar refractivity (Wildman–Crippen MR) is 328 cm³/mol. The Bertz CT molecular complexity index is 2950. The fourth-order valence-electron chi connectivity index (χ4n) is 10.6. The van der Waals surface area contributed by atoms with Gasteiger partial charge in [-0.05, 0) is 98.1 Å². The van der Waals surface area contributed by atoms with Gasteiger partial charge in [-0.25, -0.2) is 0 Å². The zero-order valence-electron chi connectivity index (χ0n) is 51.5. The van der Waals surface area contributed by atoms with E-state index in [-0.39, 0.29) is 82.0 Å². The zero-order chi connectivity index (χ0) is 65.5. The topological polar surface area (TPSA) is 415 Å². The number of benzene rings is 3. The number of primary amides is 2. The Labute approximate surface area is 518 Å². The number of phenols is 1. The Morgan fingerprint density at radius 2 is 0.888 bits per heavy atom. The number of rotatable bonds is 19. The minimum absolute atomic E-state index is 0.0216. The van der Waals surface area contributed by atoms with E-state index >= 15 is 4.79 Å². The lowest BCUT2D eigenvalue weighted by Crippen LogP contribution is -2.62. The Balaban J connectivity index is 1.64. The number of fused-ring (bicyclic) bond motifs is 1. The summed E-state index contributed by atoms with van der Waals surface area (Å²) in [5.41, 5.74) is 18.7. The summed E-state index contributed by atoms with van der Waals surface area (Å²) in [6.07, 6.45) is -1.45. The fraction of sp³-hybridized carbons (Fsp3) is 0.524. The lowest BCUT2D eigenvalue weighted by molar-refractivity contribution is -0.142. The third-order valence-corrected chi connectivity index (χ3v) is 15.3. The van der Waals surface area contributed by atoms with Gasteiger partial charge in [0, 0.05) is 32.2 Å². The summed E-state index contributed by atoms with van der Waals surface area (Å²) < 4.78 is 0. The molecule has 2 aliphatic heterocycles. The number of nitrogens with zero attached hydrogens (tertiary/aromatic N) is 1. The normalized spacial score (nSPS) is 24.4. The standard InChI is InChI=1S/C63H89N13O13/c1-35(2)29-44-57(83)74-49(33-39-17-11-8-12-18-39)63(89)76-28-14-20-50(76)61(87)73-45(30-36(3)4)56(82)71-46(31-38-15-9-7-10-16-38)58(84)72-48(34-52(66)79)59(85)67-43(25-26-51(65)78)55(81)70-47(32-40-21-23-41(77)24-22-40)60(86)75-53(37(5)6)62(88)68-42(19-13-27-64)54(80)69-44/h7-12,15-18,21-24,35-37,42-50,53,77H,13-14,19-20,25-34,64H2,1-6H3,(H2,65,78)(H2,66,79)(H,67,85)(H,68,88)(H,69,80)(H,70,81)(H,71,82)(H,72,84)(H,73,87)(H,74,83)(H,75,86). The molecule has 26 heteroatoms. The first kappa shape index (κ1) is 70.8. The Morgan fingerprint density at radius 1 is 0.483 bits per heavy atom. The molecule has 89 heavy (non-hydrogen) atoms. The van der Waals surface area contributed by atoms with Crippen molar-refractivity contribution in [1.82, 2.24) is 52.8 Å². The molecule has 12 amide bonds. The second kappa shape index (κ2) is 34.6. The van der Waals surface area contributed by atoms with Gasteiger partial charge in [0.05, 0.1) is 6.42 Å². The van der Waals surface area contributed by atoms with Crippen molar-refractivity contribution < 1.29 is 62.6 Å². The van der Waals surface area contributed by atoms with Crippen LogP contribution in [0.5, 0.6) is 5.75 Å². The van der Waals surface area contributed by atoms with Crippen LogP contribution in [0.25, 0.3) is 0 Å². The molecular weight excluding hydrogens is 1150 g/mol. The predicted octanol–water partition coefficient (Wildman–Crippen LogP) is -0.584. The first-order chi connectivity index (χ1) is 42.2. The van der Waals surface area contributed by atoms with E-state index in [1.54, 1.807) is 88.4 Å². The molecule has 2 aliphatic rings. The highest BCUT2D eigenvalue weighted by molar-refractivity contribution is 6.00. The molecule has 0 aliphatic carbocycles. The molecular formula is C63H89N13O13. The van der Waals surface area contributed by atoms with Crippen LogP contribution in [-0.2, 0) is 76.8 Å². The van der Waals surface area contributed by atoms with E-state index < -0.39 is 156 Å². The number of hydrogen-bond donors (Lipinski definition) is 13. The second-order valence-corrected chi connectivity index (χ2v) is 24.0. The van der Waals surface area contributed by atoms with Crippen LogP contribution in [0.2, 0.25) is 0 Å². The lowest BCUT2D eigenvalue weighted by atomic mass is 9.98. The maximum Gasteiger partial charge on any atom is 0.246 e. The highest BCUT2D eigenvalue weighted by Crippen LogP contribution is 2.22. The van der Waals surface area contributed by atoms with Crippen molar-refractivity contribution in [3.05, 3.63) is 102 Å². The number of aromatic hydroxyl groups is 1. The van der Waals surface area contributed by atoms with Gasteiger partial charge in [-0.15, -0.1) is 0 Å². The summed E-state index contributed by atoms with van der Waals surface area (Å²) >= 11 is 0. The van der Waals surface area contributed by atoms with E-state index in [1.807, 2.05) is 13.8 Å². The summed E-state index contributed by atoms with van der Waals surface area (Å²) in [5.74, 6) is -11.8. The van der Waals surface area contributed by atoms with Crippen molar-refractivity contribution in [2.45, 2.75) is 179 Å². The molecule has 2 saturated heterocycles. The van der Waals surface area contributed by atoms with Crippen molar-refractivity contribution >= 4 is 70.9 Å². The smallest absolute Gasteiger partial charge is 0.246 e. The van der Waals surface area contributed by atoms with Crippen molar-refractivity contribution in [2.75, 3.05) is 13.1 Å². The highest BCUT2D eigenvalue weighted by Gasteiger charge is 2.42. The van der Waals surface area contributed by atoms with Gasteiger partial charge < -0.3 is 75.1 Å². The average Bonchev–Trinajstić information content (AvgIpc) is 2.60. The molecule has 0 aromatic heterocycles. The molecule has 3 aromatic carbocycles. The lowest BCUT2D eigenvalue weighted by Gasteiger charge is -2.32. The van der Waals surface area contributed by atoms with Crippen LogP contribution in [0.3, 0.4) is 0 Å². The van der Waals surface area contributed by atoms with Crippen molar-refractivity contribution in [2.24, 2.45) is 35.0 Å². The van der Waals surface area contributed by atoms with E-state index in [2.05, 4.69) is 47.9 Å². The fourth-order valence-corrected chi connectivity index (χ4v) is 10.6. The van der Waals surface area contributed by atoms with Crippen LogP contribution >= 0.6 is 0 Å². The van der Waals surface area contributed by atoms with Gasteiger partial charge in [0.15, 0.2) is 0 Å². The van der Waals surface area contributed by atoms with Gasteiger partial charge in [-0.1, -0.05) is 114 Å². The Kier molecular flexibility index (Phi) is 27.5. The quantitative estimate of drug-likeness (QED) is 0.0715. The van der Waals surface area contributed by atoms with E-state index in [1.165, 1.54) is 29.2 Å². The number of amides is 12. The minimum Gasteiger partial charge on any atom is -0.508 e. The first-order valence-corrected chi connectivity index (χ1v) is 30.4. The summed E-state index contributed by atoms with van der Waals surface area (Å²) in [6, 6.07) is 8.59.